The van der Waals surface area contributed by atoms with Crippen LogP contribution in [0.2, 0.25) is 0 Å². The number of amides is 3. The summed E-state index contributed by atoms with van der Waals surface area (Å²) in [6.07, 6.45) is -0.500. The number of hydrogen-bond donors (Lipinski definition) is 3. The Balaban J connectivity index is 1.63. The first-order valence-electron chi connectivity index (χ1n) is 11.5. The van der Waals surface area contributed by atoms with Crippen LogP contribution in [0.1, 0.15) is 37.2 Å². The number of benzene rings is 1. The molecule has 2 atom stereocenters. The number of anilines is 1. The summed E-state index contributed by atoms with van der Waals surface area (Å²) in [4.78, 5) is 43.3. The number of pyridine rings is 1. The normalized spacial score (nSPS) is 16.2. The van der Waals surface area contributed by atoms with Crippen molar-refractivity contribution in [1.29, 1.82) is 0 Å². The number of hydroxylamine groups is 1. The molecule has 0 spiro atoms. The average Bonchev–Trinajstić information content (AvgIpc) is 3.20. The molecule has 0 saturated carbocycles. The first-order valence-corrected chi connectivity index (χ1v) is 11.5. The lowest BCUT2D eigenvalue weighted by atomic mass is 9.97. The summed E-state index contributed by atoms with van der Waals surface area (Å²) < 4.78 is 10.9. The molecule has 1 fully saturated rings. The van der Waals surface area contributed by atoms with Gasteiger partial charge in [-0.3, -0.25) is 19.8 Å². The molecule has 0 unspecified atom stereocenters. The summed E-state index contributed by atoms with van der Waals surface area (Å²) >= 11 is 0. The molecule has 1 aliphatic heterocycles. The van der Waals surface area contributed by atoms with E-state index in [9.17, 15) is 14.4 Å². The fraction of sp³-hybridized carbons (Fsp3) is 0.440. The average molecular weight is 485 g/mol. The van der Waals surface area contributed by atoms with Crippen molar-refractivity contribution in [2.24, 2.45) is 11.8 Å². The number of hydrogen-bond acceptors (Lipinski definition) is 7. The van der Waals surface area contributed by atoms with Crippen LogP contribution in [0.4, 0.5) is 10.5 Å². The molecule has 35 heavy (non-hydrogen) atoms. The zero-order valence-electron chi connectivity index (χ0n) is 20.4. The number of alkyl carbamates (subject to hydrolysis) is 1. The third kappa shape index (κ3) is 6.92. The number of rotatable bonds is 9. The molecule has 0 aliphatic carbocycles. The summed E-state index contributed by atoms with van der Waals surface area (Å²) in [5.41, 5.74) is 5.05. The van der Waals surface area contributed by atoms with E-state index in [1.54, 1.807) is 29.2 Å². The predicted molar refractivity (Wildman–Crippen MR) is 128 cm³/mol. The highest BCUT2D eigenvalue weighted by Gasteiger charge is 2.42. The molecule has 2 aromatic rings. The first kappa shape index (κ1) is 26.0. The van der Waals surface area contributed by atoms with Gasteiger partial charge in [-0.2, -0.15) is 0 Å². The van der Waals surface area contributed by atoms with Gasteiger partial charge in [-0.15, -0.1) is 0 Å². The summed E-state index contributed by atoms with van der Waals surface area (Å²) in [5, 5.41) is 11.5. The maximum atomic E-state index is 13.1. The van der Waals surface area contributed by atoms with Gasteiger partial charge in [-0.25, -0.2) is 10.3 Å². The quantitative estimate of drug-likeness (QED) is 0.369. The van der Waals surface area contributed by atoms with E-state index in [-0.39, 0.29) is 18.4 Å². The van der Waals surface area contributed by atoms with Gasteiger partial charge in [0, 0.05) is 23.6 Å². The molecule has 1 aromatic heterocycles. The standard InChI is InChI=1S/C25H32N4O6/c1-15(2)13-35-25(32)27-22(23(30)28-33)21-9-10-29(24(21)31)19-5-7-20(8-6-19)34-14-18-11-16(3)26-17(4)12-18/h5-8,11-12,15,21-22,33H,9-10,13-14H2,1-4H3,(H,27,32)(H,28,30)/t21-,22+/m1/s1. The lowest BCUT2D eigenvalue weighted by molar-refractivity contribution is -0.135. The molecule has 0 radical (unpaired) electrons. The molecule has 10 heteroatoms. The Labute approximate surface area is 204 Å². The summed E-state index contributed by atoms with van der Waals surface area (Å²) in [5.74, 6) is -1.30. The zero-order chi connectivity index (χ0) is 25.5. The van der Waals surface area contributed by atoms with Crippen LogP contribution >= 0.6 is 0 Å². The first-order chi connectivity index (χ1) is 16.7. The van der Waals surface area contributed by atoms with Gasteiger partial charge >= 0.3 is 6.09 Å². The van der Waals surface area contributed by atoms with Crippen molar-refractivity contribution < 1.29 is 29.1 Å². The molecule has 3 amide bonds. The Kier molecular flexibility index (Phi) is 8.64. The Morgan fingerprint density at radius 2 is 1.83 bits per heavy atom. The van der Waals surface area contributed by atoms with E-state index in [2.05, 4.69) is 10.3 Å². The second-order valence-corrected chi connectivity index (χ2v) is 9.02. The maximum absolute atomic E-state index is 13.1. The minimum Gasteiger partial charge on any atom is -0.489 e. The van der Waals surface area contributed by atoms with Gasteiger partial charge in [0.1, 0.15) is 18.4 Å². The van der Waals surface area contributed by atoms with Crippen molar-refractivity contribution >= 4 is 23.6 Å². The number of aromatic nitrogens is 1. The van der Waals surface area contributed by atoms with E-state index < -0.39 is 24.0 Å². The molecule has 0 bridgehead atoms. The van der Waals surface area contributed by atoms with E-state index in [0.29, 0.717) is 31.0 Å². The second-order valence-electron chi connectivity index (χ2n) is 9.02. The van der Waals surface area contributed by atoms with Crippen LogP contribution in [-0.2, 0) is 20.9 Å². The van der Waals surface area contributed by atoms with Crippen LogP contribution in [-0.4, -0.2) is 47.3 Å². The molecule has 3 N–H and O–H groups in total. The zero-order valence-corrected chi connectivity index (χ0v) is 20.4. The Morgan fingerprint density at radius 3 is 2.43 bits per heavy atom. The van der Waals surface area contributed by atoms with Gasteiger partial charge in [0.05, 0.1) is 12.5 Å². The summed E-state index contributed by atoms with van der Waals surface area (Å²) in [7, 11) is 0. The van der Waals surface area contributed by atoms with Crippen LogP contribution in [0, 0.1) is 25.7 Å². The minimum absolute atomic E-state index is 0.111. The van der Waals surface area contributed by atoms with Crippen LogP contribution in [0.3, 0.4) is 0 Å². The summed E-state index contributed by atoms with van der Waals surface area (Å²) in [6.45, 7) is 8.54. The third-order valence-corrected chi connectivity index (χ3v) is 5.56. The van der Waals surface area contributed by atoms with Crippen LogP contribution in [0.5, 0.6) is 5.75 Å². The van der Waals surface area contributed by atoms with Gasteiger partial charge in [0.15, 0.2) is 0 Å². The highest BCUT2D eigenvalue weighted by atomic mass is 16.5. The summed E-state index contributed by atoms with van der Waals surface area (Å²) in [6, 6.07) is 9.76. The lowest BCUT2D eigenvalue weighted by Gasteiger charge is -2.23. The van der Waals surface area contributed by atoms with E-state index in [4.69, 9.17) is 14.7 Å². The highest BCUT2D eigenvalue weighted by molar-refractivity contribution is 6.01. The Hall–Kier alpha value is -3.66. The molecule has 1 aromatic carbocycles. The fourth-order valence-electron chi connectivity index (χ4n) is 3.99. The highest BCUT2D eigenvalue weighted by Crippen LogP contribution is 2.29. The monoisotopic (exact) mass is 484 g/mol. The number of ether oxygens (including phenoxy) is 2. The van der Waals surface area contributed by atoms with Crippen molar-refractivity contribution in [1.82, 2.24) is 15.8 Å². The molecular weight excluding hydrogens is 452 g/mol. The van der Waals surface area contributed by atoms with Crippen molar-refractivity contribution in [3.05, 3.63) is 53.3 Å². The molecule has 188 valence electrons. The maximum Gasteiger partial charge on any atom is 0.407 e. The van der Waals surface area contributed by atoms with E-state index in [1.807, 2.05) is 39.8 Å². The molecule has 1 saturated heterocycles. The topological polar surface area (TPSA) is 130 Å². The van der Waals surface area contributed by atoms with Crippen LogP contribution in [0.15, 0.2) is 36.4 Å². The van der Waals surface area contributed by atoms with E-state index in [1.165, 1.54) is 5.48 Å². The van der Waals surface area contributed by atoms with Gasteiger partial charge in [0.2, 0.25) is 5.91 Å². The lowest BCUT2D eigenvalue weighted by Crippen LogP contribution is -2.52. The van der Waals surface area contributed by atoms with Crippen LogP contribution < -0.4 is 20.4 Å². The van der Waals surface area contributed by atoms with Crippen LogP contribution in [0.25, 0.3) is 0 Å². The van der Waals surface area contributed by atoms with Crippen molar-refractivity contribution in [3.8, 4) is 5.75 Å². The number of aryl methyl sites for hydroxylation is 2. The molecule has 3 rings (SSSR count). The van der Waals surface area contributed by atoms with Gasteiger partial charge < -0.3 is 19.7 Å². The van der Waals surface area contributed by atoms with Gasteiger partial charge in [-0.05, 0) is 68.1 Å². The number of nitrogens with zero attached hydrogens (tertiary/aromatic N) is 2. The van der Waals surface area contributed by atoms with E-state index in [0.717, 1.165) is 17.0 Å². The largest absolute Gasteiger partial charge is 0.489 e. The number of carbonyl (C=O) groups is 3. The smallest absolute Gasteiger partial charge is 0.407 e. The number of carbonyl (C=O) groups excluding carboxylic acids is 3. The van der Waals surface area contributed by atoms with Crippen molar-refractivity contribution in [2.75, 3.05) is 18.1 Å². The SMILES string of the molecule is Cc1cc(COc2ccc(N3CC[C@H]([C@H](NC(=O)OCC(C)C)C(=O)NO)C3=O)cc2)cc(C)n1. The molecular formula is C25H32N4O6. The molecule has 2 heterocycles. The van der Waals surface area contributed by atoms with E-state index >= 15 is 0 Å². The van der Waals surface area contributed by atoms with Crippen molar-refractivity contribution in [3.63, 3.8) is 0 Å². The van der Waals surface area contributed by atoms with Crippen molar-refractivity contribution in [2.45, 2.75) is 46.8 Å². The molecule has 10 nitrogen and oxygen atoms in total. The van der Waals surface area contributed by atoms with Gasteiger partial charge in [0.25, 0.3) is 5.91 Å². The van der Waals surface area contributed by atoms with Gasteiger partial charge in [-0.1, -0.05) is 13.8 Å². The third-order valence-electron chi connectivity index (χ3n) is 5.56. The fourth-order valence-corrected chi connectivity index (χ4v) is 3.99. The Morgan fingerprint density at radius 1 is 1.17 bits per heavy atom. The molecule has 1 aliphatic rings. The Bertz CT molecular complexity index is 1040. The second kappa shape index (κ2) is 11.7. The minimum atomic E-state index is -1.26. The predicted octanol–water partition coefficient (Wildman–Crippen LogP) is 2.89. The number of nitrogens with one attached hydrogen (secondary N) is 2.